The van der Waals surface area contributed by atoms with Crippen LogP contribution in [-0.4, -0.2) is 87.7 Å². The molecule has 9 nitrogen and oxygen atoms in total. The first kappa shape index (κ1) is 36.7. The Kier molecular flexibility index (Phi) is 14.4. The van der Waals surface area contributed by atoms with Crippen molar-refractivity contribution in [3.8, 4) is 0 Å². The van der Waals surface area contributed by atoms with Crippen molar-refractivity contribution in [1.82, 2.24) is 0 Å². The number of methoxy groups -OCH3 is 1. The van der Waals surface area contributed by atoms with Gasteiger partial charge in [-0.3, -0.25) is 18.4 Å². The van der Waals surface area contributed by atoms with Gasteiger partial charge in [0.05, 0.1) is 30.5 Å². The predicted molar refractivity (Wildman–Crippen MR) is 137 cm³/mol. The summed E-state index contributed by atoms with van der Waals surface area (Å²) in [5.74, 6) is -1.10. The maximum absolute atomic E-state index is 12.6. The van der Waals surface area contributed by atoms with Crippen molar-refractivity contribution in [3.05, 3.63) is 12.7 Å². The summed E-state index contributed by atoms with van der Waals surface area (Å²) < 4.78 is 119. The largest absolute Gasteiger partial charge is 0.462 e. The number of aldehydes is 1. The molecule has 2 rings (SSSR count). The fourth-order valence-corrected chi connectivity index (χ4v) is 6.33. The predicted octanol–water partition coefficient (Wildman–Crippen LogP) is 5.94. The van der Waals surface area contributed by atoms with Gasteiger partial charge in [-0.1, -0.05) is 13.0 Å². The minimum absolute atomic E-state index is 0.0295. The molecular weight excluding hydrogens is 601 g/mol. The summed E-state index contributed by atoms with van der Waals surface area (Å²) in [6, 6.07) is 0. The maximum atomic E-state index is 12.6. The van der Waals surface area contributed by atoms with E-state index in [1.165, 1.54) is 7.11 Å². The number of alkyl halides is 6. The monoisotopic (exact) mass is 640 g/mol. The minimum Gasteiger partial charge on any atom is -0.462 e. The van der Waals surface area contributed by atoms with Gasteiger partial charge < -0.3 is 23.7 Å². The van der Waals surface area contributed by atoms with E-state index in [0.29, 0.717) is 19.1 Å². The van der Waals surface area contributed by atoms with E-state index in [4.69, 9.17) is 18.9 Å². The van der Waals surface area contributed by atoms with Crippen LogP contribution in [0.4, 0.5) is 26.3 Å². The zero-order valence-corrected chi connectivity index (χ0v) is 24.5. The third-order valence-electron chi connectivity index (χ3n) is 7.00. The number of carbonyl (C=O) groups is 2. The first-order valence-electron chi connectivity index (χ1n) is 13.6. The highest BCUT2D eigenvalue weighted by atomic mass is 31.2. The number of rotatable bonds is 16. The highest BCUT2D eigenvalue weighted by Gasteiger charge is 2.41. The average Bonchev–Trinajstić information content (AvgIpc) is 2.87. The molecule has 2 fully saturated rings. The number of ether oxygens (including phenoxy) is 4. The van der Waals surface area contributed by atoms with Gasteiger partial charge in [0.15, 0.2) is 13.2 Å². The molecule has 0 saturated carbocycles. The van der Waals surface area contributed by atoms with Crippen LogP contribution in [0.3, 0.4) is 0 Å². The Morgan fingerprint density at radius 3 is 2.14 bits per heavy atom. The molecule has 0 N–H and O–H groups in total. The van der Waals surface area contributed by atoms with Crippen molar-refractivity contribution in [2.75, 3.05) is 26.5 Å². The van der Waals surface area contributed by atoms with Crippen molar-refractivity contribution in [1.29, 1.82) is 0 Å². The van der Waals surface area contributed by atoms with Gasteiger partial charge in [-0.15, -0.1) is 6.58 Å². The number of halogens is 6. The van der Waals surface area contributed by atoms with E-state index in [1.54, 1.807) is 6.08 Å². The first-order valence-corrected chi connectivity index (χ1v) is 15.4. The van der Waals surface area contributed by atoms with Crippen LogP contribution in [0.1, 0.15) is 58.3 Å². The van der Waals surface area contributed by atoms with Gasteiger partial charge in [-0.05, 0) is 31.6 Å². The van der Waals surface area contributed by atoms with Crippen LogP contribution in [0.2, 0.25) is 0 Å². The zero-order chi connectivity index (χ0) is 31.6. The quantitative estimate of drug-likeness (QED) is 0.0666. The summed E-state index contributed by atoms with van der Waals surface area (Å²) in [6.07, 6.45) is -8.08. The molecule has 0 unspecified atom stereocenters. The van der Waals surface area contributed by atoms with Gasteiger partial charge in [0.2, 0.25) is 0 Å². The van der Waals surface area contributed by atoms with E-state index < -0.39 is 63.6 Å². The smallest absolute Gasteiger partial charge is 0.412 e. The van der Waals surface area contributed by atoms with Gasteiger partial charge in [-0.25, -0.2) is 0 Å². The van der Waals surface area contributed by atoms with E-state index in [2.05, 4.69) is 22.6 Å². The second-order valence-electron chi connectivity index (χ2n) is 10.6. The third kappa shape index (κ3) is 13.9. The summed E-state index contributed by atoms with van der Waals surface area (Å²) >= 11 is 0. The third-order valence-corrected chi connectivity index (χ3v) is 8.69. The summed E-state index contributed by atoms with van der Waals surface area (Å²) in [4.78, 5) is 23.7. The zero-order valence-electron chi connectivity index (χ0n) is 23.6. The van der Waals surface area contributed by atoms with Crippen LogP contribution < -0.4 is 0 Å². The van der Waals surface area contributed by atoms with Gasteiger partial charge in [0.25, 0.3) is 0 Å². The van der Waals surface area contributed by atoms with Crippen molar-refractivity contribution in [3.63, 3.8) is 0 Å². The maximum Gasteiger partial charge on any atom is 0.412 e. The highest BCUT2D eigenvalue weighted by Crippen LogP contribution is 2.50. The normalized spacial score (nSPS) is 28.2. The Balaban J connectivity index is 2.05. The van der Waals surface area contributed by atoms with E-state index in [9.17, 15) is 40.5 Å². The molecule has 244 valence electrons. The Morgan fingerprint density at radius 1 is 0.976 bits per heavy atom. The number of hydrogen-bond donors (Lipinski definition) is 0. The molecule has 0 radical (unpaired) electrons. The highest BCUT2D eigenvalue weighted by molar-refractivity contribution is 7.54. The molecule has 0 bridgehead atoms. The van der Waals surface area contributed by atoms with E-state index >= 15 is 0 Å². The van der Waals surface area contributed by atoms with Gasteiger partial charge in [0.1, 0.15) is 18.6 Å². The van der Waals surface area contributed by atoms with E-state index in [0.717, 1.165) is 19.3 Å². The lowest BCUT2D eigenvalue weighted by molar-refractivity contribution is -0.169. The van der Waals surface area contributed by atoms with Crippen molar-refractivity contribution in [2.24, 2.45) is 5.92 Å². The number of carbonyl (C=O) groups excluding carboxylic acids is 2. The van der Waals surface area contributed by atoms with Crippen LogP contribution in [0.15, 0.2) is 12.7 Å². The lowest BCUT2D eigenvalue weighted by atomic mass is 9.87. The molecule has 0 aromatic heterocycles. The summed E-state index contributed by atoms with van der Waals surface area (Å²) in [5, 5.41) is 0. The SMILES string of the molecule is C=CC[C@@H]1CC[C@H](C)[C@@H](C[C@H](C[C@@H]2C[C@@H](OC(=O)CP(=O)(OCC(F)(F)F)OCC(F)(F)F)C[C@H](CC=O)O2)OC)O1. The van der Waals surface area contributed by atoms with Crippen LogP contribution >= 0.6 is 7.60 Å². The standard InChI is InChI=1S/C26H39F6O9P/c1-4-5-18-7-6-17(2)23(40-18)13-20(36-3)11-21-12-22(10-19(39-21)8-9-33)41-24(34)14-42(35,37-15-25(27,28)29)38-16-26(30,31)32/h4,9,17-23H,1,5-8,10-16H2,2-3H3/t17-,18+,19-,20-,21+,22-,23+/m0/s1. The fourth-order valence-electron chi connectivity index (χ4n) is 5.00. The molecule has 2 heterocycles. The fraction of sp³-hybridized carbons (Fsp3) is 0.846. The second-order valence-corrected chi connectivity index (χ2v) is 12.7. The minimum atomic E-state index is -5.19. The Morgan fingerprint density at radius 2 is 1.60 bits per heavy atom. The molecule has 7 atom stereocenters. The molecule has 42 heavy (non-hydrogen) atoms. The van der Waals surface area contributed by atoms with Crippen LogP contribution in [-0.2, 0) is 42.1 Å². The molecule has 2 aliphatic rings. The summed E-state index contributed by atoms with van der Waals surface area (Å²) in [5.41, 5.74) is 0. The van der Waals surface area contributed by atoms with E-state index in [1.807, 2.05) is 0 Å². The van der Waals surface area contributed by atoms with Crippen molar-refractivity contribution < 1.29 is 68.5 Å². The lowest BCUT2D eigenvalue weighted by Gasteiger charge is -2.38. The molecule has 0 aromatic carbocycles. The molecule has 0 spiro atoms. The molecule has 2 saturated heterocycles. The van der Waals surface area contributed by atoms with E-state index in [-0.39, 0.29) is 43.5 Å². The van der Waals surface area contributed by atoms with Crippen molar-refractivity contribution >= 4 is 19.9 Å². The van der Waals surface area contributed by atoms with Gasteiger partial charge in [-0.2, -0.15) is 26.3 Å². The molecule has 16 heteroatoms. The molecular formula is C26H39F6O9P. The Hall–Kier alpha value is -1.51. The van der Waals surface area contributed by atoms with Gasteiger partial charge in [0, 0.05) is 32.8 Å². The summed E-state index contributed by atoms with van der Waals surface area (Å²) in [6.45, 7) is 1.47. The number of hydrogen-bond acceptors (Lipinski definition) is 9. The lowest BCUT2D eigenvalue weighted by Crippen LogP contribution is -2.42. The van der Waals surface area contributed by atoms with Crippen LogP contribution in [0.5, 0.6) is 0 Å². The van der Waals surface area contributed by atoms with Gasteiger partial charge >= 0.3 is 25.9 Å². The second kappa shape index (κ2) is 16.5. The molecule has 0 aliphatic carbocycles. The Bertz CT molecular complexity index is 894. The molecule has 0 amide bonds. The number of esters is 1. The van der Waals surface area contributed by atoms with Crippen LogP contribution in [0.25, 0.3) is 0 Å². The van der Waals surface area contributed by atoms with Crippen molar-refractivity contribution in [2.45, 2.75) is 107 Å². The molecule has 2 aliphatic heterocycles. The Labute approximate surface area is 241 Å². The summed E-state index contributed by atoms with van der Waals surface area (Å²) in [7, 11) is -3.66. The van der Waals surface area contributed by atoms with Crippen LogP contribution in [0, 0.1) is 5.92 Å². The molecule has 0 aromatic rings. The average molecular weight is 641 g/mol. The topological polar surface area (TPSA) is 107 Å². The first-order chi connectivity index (χ1) is 19.5.